The number of hydrogen-bond donors (Lipinski definition) is 2. The standard InChI is InChI=1S/C10HF21O3S.C6H11N/c11-1(12,3(15,16)5(19,20)7(23,24)9(27,28)29)2(13,14)4(17,18)6(21,22)8(25,26)10(30,31)35(32,33)34;1-3-5-7-6-4-2/h(H,32,33,34);3-4,7H,1-2,5-6H2. The SMILES string of the molecule is C=CCNCC=C.O=S(=O)(O)C(F)(F)C(F)(F)C(F)(F)C(F)(F)C(F)(F)C(F)(F)C(F)(F)C(F)(F)C(F)(F)C(F)(F)F. The largest absolute Gasteiger partial charge is 0.460 e. The van der Waals surface area contributed by atoms with Gasteiger partial charge in [0.25, 0.3) is 0 Å². The van der Waals surface area contributed by atoms with Crippen LogP contribution >= 0.6 is 0 Å². The monoisotopic (exact) mass is 697 g/mol. The van der Waals surface area contributed by atoms with Crippen molar-refractivity contribution >= 4 is 10.1 Å². The van der Waals surface area contributed by atoms with Crippen LogP contribution in [0.25, 0.3) is 0 Å². The Hall–Kier alpha value is -2.12. The van der Waals surface area contributed by atoms with E-state index < -0.39 is 68.9 Å². The topological polar surface area (TPSA) is 66.4 Å². The molecule has 0 rings (SSSR count). The minimum absolute atomic E-state index is 0.867. The van der Waals surface area contributed by atoms with Crippen molar-refractivity contribution in [3.8, 4) is 0 Å². The highest BCUT2D eigenvalue weighted by molar-refractivity contribution is 7.87. The molecular formula is C16H12F21NO3S. The van der Waals surface area contributed by atoms with Gasteiger partial charge in [0.1, 0.15) is 0 Å². The molecule has 0 bridgehead atoms. The summed E-state index contributed by atoms with van der Waals surface area (Å²) in [5, 5.41) is -5.01. The summed E-state index contributed by atoms with van der Waals surface area (Å²) in [6, 6.07) is 0. The van der Waals surface area contributed by atoms with Crippen molar-refractivity contribution in [1.29, 1.82) is 0 Å². The van der Waals surface area contributed by atoms with Crippen LogP contribution in [-0.4, -0.2) is 84.9 Å². The number of halogens is 21. The molecular weight excluding hydrogens is 685 g/mol. The van der Waals surface area contributed by atoms with Gasteiger partial charge in [-0.2, -0.15) is 101 Å². The van der Waals surface area contributed by atoms with E-state index in [1.54, 1.807) is 0 Å². The predicted octanol–water partition coefficient (Wildman–Crippen LogP) is 7.06. The van der Waals surface area contributed by atoms with Crippen LogP contribution in [0, 0.1) is 0 Å². The molecule has 2 N–H and O–H groups in total. The molecule has 0 saturated heterocycles. The van der Waals surface area contributed by atoms with Crippen molar-refractivity contribution < 1.29 is 105 Å². The number of nitrogens with one attached hydrogen (secondary N) is 1. The van der Waals surface area contributed by atoms with E-state index in [0.29, 0.717) is 0 Å². The molecule has 0 aliphatic heterocycles. The van der Waals surface area contributed by atoms with E-state index in [1.807, 2.05) is 12.2 Å². The normalized spacial score (nSPS) is 15.6. The Morgan fingerprint density at radius 2 is 0.690 bits per heavy atom. The molecule has 0 spiro atoms. The van der Waals surface area contributed by atoms with Gasteiger partial charge in [-0.05, 0) is 0 Å². The molecule has 0 heterocycles. The summed E-state index contributed by atoms with van der Waals surface area (Å²) in [5.41, 5.74) is 0. The third-order valence-corrected chi connectivity index (χ3v) is 5.29. The van der Waals surface area contributed by atoms with Gasteiger partial charge in [0.05, 0.1) is 0 Å². The van der Waals surface area contributed by atoms with Crippen LogP contribution in [0.15, 0.2) is 25.3 Å². The molecule has 4 nitrogen and oxygen atoms in total. The second kappa shape index (κ2) is 11.8. The summed E-state index contributed by atoms with van der Waals surface area (Å²) in [6.07, 6.45) is -4.44. The Labute approximate surface area is 218 Å². The second-order valence-electron chi connectivity index (χ2n) is 7.32. The van der Waals surface area contributed by atoms with E-state index >= 15 is 0 Å². The predicted molar refractivity (Wildman–Crippen MR) is 95.4 cm³/mol. The Balaban J connectivity index is 0. The van der Waals surface area contributed by atoms with Crippen LogP contribution < -0.4 is 5.32 Å². The molecule has 42 heavy (non-hydrogen) atoms. The number of hydrogen-bond acceptors (Lipinski definition) is 3. The fourth-order valence-electron chi connectivity index (χ4n) is 1.99. The van der Waals surface area contributed by atoms with Crippen molar-refractivity contribution in [2.24, 2.45) is 0 Å². The van der Waals surface area contributed by atoms with E-state index in [2.05, 4.69) is 18.5 Å². The van der Waals surface area contributed by atoms with Gasteiger partial charge >= 0.3 is 68.9 Å². The van der Waals surface area contributed by atoms with Crippen LogP contribution in [0.4, 0.5) is 92.2 Å². The summed E-state index contributed by atoms with van der Waals surface area (Å²) in [5.74, 6) is -72.6. The number of rotatable bonds is 13. The van der Waals surface area contributed by atoms with Crippen molar-refractivity contribution in [3.63, 3.8) is 0 Å². The van der Waals surface area contributed by atoms with Crippen LogP contribution in [-0.2, 0) is 10.1 Å². The summed E-state index contributed by atoms with van der Waals surface area (Å²) < 4.78 is 298. The lowest BCUT2D eigenvalue weighted by molar-refractivity contribution is -0.472. The van der Waals surface area contributed by atoms with E-state index in [0.717, 1.165) is 13.1 Å². The lowest BCUT2D eigenvalue weighted by atomic mass is 9.87. The smallest absolute Gasteiger partial charge is 0.310 e. The summed E-state index contributed by atoms with van der Waals surface area (Å²) >= 11 is 0. The van der Waals surface area contributed by atoms with Crippen LogP contribution in [0.3, 0.4) is 0 Å². The Morgan fingerprint density at radius 1 is 0.476 bits per heavy atom. The van der Waals surface area contributed by atoms with Crippen LogP contribution in [0.5, 0.6) is 0 Å². The second-order valence-corrected chi connectivity index (χ2v) is 8.78. The third-order valence-electron chi connectivity index (χ3n) is 4.38. The average molecular weight is 697 g/mol. The molecule has 0 radical (unpaired) electrons. The Morgan fingerprint density at radius 3 is 0.881 bits per heavy atom. The zero-order valence-electron chi connectivity index (χ0n) is 19.1. The zero-order valence-corrected chi connectivity index (χ0v) is 19.9. The van der Waals surface area contributed by atoms with E-state index in [4.69, 9.17) is 4.55 Å². The molecule has 0 amide bonds. The first-order chi connectivity index (χ1) is 17.9. The maximum atomic E-state index is 13.3. The van der Waals surface area contributed by atoms with E-state index in [9.17, 15) is 101 Å². The van der Waals surface area contributed by atoms with Gasteiger partial charge in [-0.1, -0.05) is 12.2 Å². The third kappa shape index (κ3) is 6.10. The Kier molecular flexibility index (Phi) is 11.8. The molecule has 0 unspecified atom stereocenters. The van der Waals surface area contributed by atoms with Gasteiger partial charge in [0.2, 0.25) is 0 Å². The first kappa shape index (κ1) is 42.0. The lowest BCUT2D eigenvalue weighted by Crippen LogP contribution is -2.77. The first-order valence-electron chi connectivity index (χ1n) is 9.28. The fourth-order valence-corrected chi connectivity index (χ4v) is 2.45. The molecule has 252 valence electrons. The van der Waals surface area contributed by atoms with Gasteiger partial charge in [0.15, 0.2) is 0 Å². The first-order valence-corrected chi connectivity index (χ1v) is 10.7. The molecule has 0 saturated carbocycles. The molecule has 0 atom stereocenters. The fraction of sp³-hybridized carbons (Fsp3) is 0.750. The van der Waals surface area contributed by atoms with E-state index in [-0.39, 0.29) is 0 Å². The maximum absolute atomic E-state index is 13.3. The van der Waals surface area contributed by atoms with Crippen molar-refractivity contribution in [2.75, 3.05) is 13.1 Å². The minimum Gasteiger partial charge on any atom is -0.310 e. The molecule has 0 fully saturated rings. The average Bonchev–Trinajstić information content (AvgIpc) is 2.77. The van der Waals surface area contributed by atoms with Crippen molar-refractivity contribution in [1.82, 2.24) is 5.32 Å². The molecule has 0 aromatic rings. The van der Waals surface area contributed by atoms with Crippen LogP contribution in [0.2, 0.25) is 0 Å². The summed E-state index contributed by atoms with van der Waals surface area (Å²) in [6.45, 7) is 8.81. The molecule has 26 heteroatoms. The lowest BCUT2D eigenvalue weighted by Gasteiger charge is -2.44. The van der Waals surface area contributed by atoms with Gasteiger partial charge < -0.3 is 5.32 Å². The molecule has 0 aliphatic rings. The van der Waals surface area contributed by atoms with Crippen molar-refractivity contribution in [3.05, 3.63) is 25.3 Å². The Bertz CT molecular complexity index is 1060. The van der Waals surface area contributed by atoms with Crippen LogP contribution in [0.1, 0.15) is 0 Å². The van der Waals surface area contributed by atoms with Gasteiger partial charge in [-0.3, -0.25) is 4.55 Å². The maximum Gasteiger partial charge on any atom is 0.460 e. The minimum atomic E-state index is -9.38. The van der Waals surface area contributed by atoms with Gasteiger partial charge in [-0.15, -0.1) is 13.2 Å². The molecule has 0 aromatic carbocycles. The quantitative estimate of drug-likeness (QED) is 0.0937. The summed E-state index contributed by atoms with van der Waals surface area (Å²) in [7, 11) is -8.09. The van der Waals surface area contributed by atoms with E-state index in [1.165, 1.54) is 0 Å². The molecule has 0 aliphatic carbocycles. The highest BCUT2D eigenvalue weighted by Gasteiger charge is 2.98. The number of alkyl halides is 21. The highest BCUT2D eigenvalue weighted by Crippen LogP contribution is 2.66. The molecule has 0 aromatic heterocycles. The van der Waals surface area contributed by atoms with Crippen molar-refractivity contribution in [2.45, 2.75) is 58.8 Å². The van der Waals surface area contributed by atoms with Gasteiger partial charge in [-0.25, -0.2) is 0 Å². The highest BCUT2D eigenvalue weighted by atomic mass is 32.2. The summed E-state index contributed by atoms with van der Waals surface area (Å²) in [4.78, 5) is 0. The van der Waals surface area contributed by atoms with Gasteiger partial charge in [0, 0.05) is 13.1 Å². The zero-order chi connectivity index (χ0) is 35.0.